The molecule has 2 atom stereocenters. The molecule has 2 unspecified atom stereocenters. The Morgan fingerprint density at radius 3 is 2.48 bits per heavy atom. The maximum atomic E-state index is 13.0. The van der Waals surface area contributed by atoms with Gasteiger partial charge in [-0.25, -0.2) is 13.2 Å². The molecule has 0 saturated carbocycles. The van der Waals surface area contributed by atoms with Gasteiger partial charge in [0, 0.05) is 13.1 Å². The van der Waals surface area contributed by atoms with Crippen LogP contribution in [0.4, 0.5) is 5.69 Å². The summed E-state index contributed by atoms with van der Waals surface area (Å²) in [4.78, 5) is 24.4. The minimum absolute atomic E-state index is 0.0243. The maximum Gasteiger partial charge on any atom is 0.338 e. The molecule has 0 bridgehead atoms. The van der Waals surface area contributed by atoms with E-state index in [9.17, 15) is 18.0 Å². The second-order valence-electron chi connectivity index (χ2n) is 7.21. The number of ether oxygens (including phenoxy) is 2. The van der Waals surface area contributed by atoms with Crippen LogP contribution in [-0.4, -0.2) is 56.5 Å². The summed E-state index contributed by atoms with van der Waals surface area (Å²) < 4.78 is 37.9. The molecule has 1 heterocycles. The number of halogens is 1. The lowest BCUT2D eigenvalue weighted by Gasteiger charge is -2.34. The summed E-state index contributed by atoms with van der Waals surface area (Å²) in [6, 6.07) is 12.2. The Kier molecular flexibility index (Phi) is 7.32. The number of benzene rings is 2. The van der Waals surface area contributed by atoms with Crippen molar-refractivity contribution < 1.29 is 27.5 Å². The Labute approximate surface area is 186 Å². The average Bonchev–Trinajstić information content (AvgIpc) is 2.73. The van der Waals surface area contributed by atoms with Gasteiger partial charge in [-0.2, -0.15) is 4.31 Å². The number of amides is 1. The van der Waals surface area contributed by atoms with Crippen molar-refractivity contribution in [2.75, 3.05) is 25.0 Å². The molecule has 1 aliphatic rings. The monoisotopic (exact) mass is 466 g/mol. The first kappa shape index (κ1) is 23.2. The SMILES string of the molecule is CC1CN(S(=O)(=O)c2cccc(C(=O)OCC(=O)Nc3ccccc3Cl)c2)CC(C)O1. The van der Waals surface area contributed by atoms with Crippen molar-refractivity contribution in [1.29, 1.82) is 0 Å². The molecule has 0 aromatic heterocycles. The summed E-state index contributed by atoms with van der Waals surface area (Å²) in [5.74, 6) is -1.38. The molecule has 8 nitrogen and oxygen atoms in total. The van der Waals surface area contributed by atoms with Crippen molar-refractivity contribution in [3.63, 3.8) is 0 Å². The number of hydrogen-bond donors (Lipinski definition) is 1. The number of carbonyl (C=O) groups excluding carboxylic acids is 2. The van der Waals surface area contributed by atoms with E-state index in [0.29, 0.717) is 10.7 Å². The summed E-state index contributed by atoms with van der Waals surface area (Å²) in [5.41, 5.74) is 0.424. The van der Waals surface area contributed by atoms with E-state index >= 15 is 0 Å². The Morgan fingerprint density at radius 2 is 1.81 bits per heavy atom. The third kappa shape index (κ3) is 5.82. The number of sulfonamides is 1. The first-order valence-corrected chi connectivity index (χ1v) is 11.5. The number of nitrogens with one attached hydrogen (secondary N) is 1. The number of morpholine rings is 1. The second-order valence-corrected chi connectivity index (χ2v) is 9.56. The average molecular weight is 467 g/mol. The highest BCUT2D eigenvalue weighted by Crippen LogP contribution is 2.23. The molecule has 0 radical (unpaired) electrons. The molecule has 10 heteroatoms. The molecule has 2 aromatic carbocycles. The fourth-order valence-corrected chi connectivity index (χ4v) is 5.04. The fourth-order valence-electron chi connectivity index (χ4n) is 3.22. The van der Waals surface area contributed by atoms with Crippen LogP contribution in [0.2, 0.25) is 5.02 Å². The van der Waals surface area contributed by atoms with Crippen LogP contribution in [0.15, 0.2) is 53.4 Å². The third-order valence-electron chi connectivity index (χ3n) is 4.58. The zero-order valence-corrected chi connectivity index (χ0v) is 18.7. The molecule has 1 fully saturated rings. The van der Waals surface area contributed by atoms with Crippen molar-refractivity contribution in [1.82, 2.24) is 4.31 Å². The van der Waals surface area contributed by atoms with Gasteiger partial charge in [0.25, 0.3) is 5.91 Å². The second kappa shape index (κ2) is 9.78. The summed E-state index contributed by atoms with van der Waals surface area (Å²) in [6.45, 7) is 3.52. The smallest absolute Gasteiger partial charge is 0.338 e. The molecule has 1 saturated heterocycles. The lowest BCUT2D eigenvalue weighted by atomic mass is 10.2. The van der Waals surface area contributed by atoms with Crippen LogP contribution in [0, 0.1) is 0 Å². The van der Waals surface area contributed by atoms with Gasteiger partial charge in [-0.15, -0.1) is 0 Å². The van der Waals surface area contributed by atoms with Crippen LogP contribution in [-0.2, 0) is 24.3 Å². The van der Waals surface area contributed by atoms with Crippen LogP contribution in [0.5, 0.6) is 0 Å². The predicted octanol–water partition coefficient (Wildman–Crippen LogP) is 2.93. The molecule has 1 aliphatic heterocycles. The fraction of sp³-hybridized carbons (Fsp3) is 0.333. The number of hydrogen-bond acceptors (Lipinski definition) is 6. The number of para-hydroxylation sites is 1. The van der Waals surface area contributed by atoms with E-state index in [1.54, 1.807) is 38.1 Å². The van der Waals surface area contributed by atoms with Crippen LogP contribution < -0.4 is 5.32 Å². The van der Waals surface area contributed by atoms with Gasteiger partial charge in [0.2, 0.25) is 10.0 Å². The summed E-state index contributed by atoms with van der Waals surface area (Å²) in [7, 11) is -3.81. The van der Waals surface area contributed by atoms with Gasteiger partial charge in [-0.1, -0.05) is 29.8 Å². The molecule has 0 spiro atoms. The summed E-state index contributed by atoms with van der Waals surface area (Å²) in [5, 5.41) is 2.89. The largest absolute Gasteiger partial charge is 0.452 e. The van der Waals surface area contributed by atoms with Crippen LogP contribution >= 0.6 is 11.6 Å². The first-order valence-electron chi connectivity index (χ1n) is 9.64. The highest BCUT2D eigenvalue weighted by Gasteiger charge is 2.32. The van der Waals surface area contributed by atoms with E-state index in [1.807, 2.05) is 0 Å². The van der Waals surface area contributed by atoms with E-state index < -0.39 is 28.5 Å². The van der Waals surface area contributed by atoms with Gasteiger partial charge in [0.15, 0.2) is 6.61 Å². The minimum atomic E-state index is -3.81. The summed E-state index contributed by atoms with van der Waals surface area (Å²) >= 11 is 5.98. The van der Waals surface area contributed by atoms with Crippen molar-refractivity contribution >= 4 is 39.2 Å². The Hall–Kier alpha value is -2.46. The Bertz CT molecular complexity index is 1070. The van der Waals surface area contributed by atoms with Crippen molar-refractivity contribution in [2.45, 2.75) is 31.0 Å². The number of esters is 1. The quantitative estimate of drug-likeness (QED) is 0.657. The van der Waals surface area contributed by atoms with Crippen molar-refractivity contribution in [3.8, 4) is 0 Å². The number of rotatable bonds is 6. The van der Waals surface area contributed by atoms with Crippen LogP contribution in [0.1, 0.15) is 24.2 Å². The number of anilines is 1. The van der Waals surface area contributed by atoms with Crippen molar-refractivity contribution in [3.05, 3.63) is 59.1 Å². The minimum Gasteiger partial charge on any atom is -0.452 e. The molecule has 31 heavy (non-hydrogen) atoms. The highest BCUT2D eigenvalue weighted by atomic mass is 35.5. The molecule has 0 aliphatic carbocycles. The standard InChI is InChI=1S/C21H23ClN2O6S/c1-14-11-24(12-15(2)30-14)31(27,28)17-7-5-6-16(10-17)21(26)29-13-20(25)23-19-9-4-3-8-18(19)22/h3-10,14-15H,11-13H2,1-2H3,(H,23,25). The molecule has 1 N–H and O–H groups in total. The Morgan fingerprint density at radius 1 is 1.13 bits per heavy atom. The van der Waals surface area contributed by atoms with Crippen molar-refractivity contribution in [2.24, 2.45) is 0 Å². The first-order chi connectivity index (χ1) is 14.7. The molecule has 3 rings (SSSR count). The molecular weight excluding hydrogens is 444 g/mol. The maximum absolute atomic E-state index is 13.0. The molecule has 1 amide bonds. The lowest BCUT2D eigenvalue weighted by Crippen LogP contribution is -2.48. The lowest BCUT2D eigenvalue weighted by molar-refractivity contribution is -0.119. The van der Waals surface area contributed by atoms with Gasteiger partial charge in [-0.3, -0.25) is 4.79 Å². The van der Waals surface area contributed by atoms with E-state index in [-0.39, 0.29) is 35.8 Å². The van der Waals surface area contributed by atoms with E-state index in [1.165, 1.54) is 28.6 Å². The zero-order valence-electron chi connectivity index (χ0n) is 17.1. The number of carbonyl (C=O) groups is 2. The van der Waals surface area contributed by atoms with Crippen LogP contribution in [0.3, 0.4) is 0 Å². The Balaban J connectivity index is 1.66. The highest BCUT2D eigenvalue weighted by molar-refractivity contribution is 7.89. The van der Waals surface area contributed by atoms with Gasteiger partial charge in [0.1, 0.15) is 0 Å². The summed E-state index contributed by atoms with van der Waals surface area (Å²) in [6.07, 6.45) is -0.466. The normalized spacial score (nSPS) is 19.6. The third-order valence-corrected chi connectivity index (χ3v) is 6.73. The van der Waals surface area contributed by atoms with Gasteiger partial charge in [-0.05, 0) is 44.2 Å². The van der Waals surface area contributed by atoms with E-state index in [0.717, 1.165) is 0 Å². The van der Waals surface area contributed by atoms with Crippen LogP contribution in [0.25, 0.3) is 0 Å². The predicted molar refractivity (Wildman–Crippen MR) is 116 cm³/mol. The number of nitrogens with zero attached hydrogens (tertiary/aromatic N) is 1. The van der Waals surface area contributed by atoms with Gasteiger partial charge >= 0.3 is 5.97 Å². The van der Waals surface area contributed by atoms with E-state index in [4.69, 9.17) is 21.1 Å². The van der Waals surface area contributed by atoms with E-state index in [2.05, 4.69) is 5.32 Å². The zero-order chi connectivity index (χ0) is 22.6. The molecule has 166 valence electrons. The van der Waals surface area contributed by atoms with Gasteiger partial charge in [0.05, 0.1) is 33.4 Å². The van der Waals surface area contributed by atoms with Gasteiger partial charge < -0.3 is 14.8 Å². The topological polar surface area (TPSA) is 102 Å². The molecule has 2 aromatic rings. The molecular formula is C21H23ClN2O6S.